The summed E-state index contributed by atoms with van der Waals surface area (Å²) in [5.74, 6) is 0. The third-order valence-electron chi connectivity index (χ3n) is 0. The van der Waals surface area contributed by atoms with E-state index < -0.39 is 0 Å². The molecule has 0 spiro atoms. The van der Waals surface area contributed by atoms with Crippen molar-refractivity contribution in [1.82, 2.24) is 0 Å². The number of hydrogen-bond acceptors (Lipinski definition) is 3. The zero-order valence-electron chi connectivity index (χ0n) is 7.46. The van der Waals surface area contributed by atoms with E-state index in [9.17, 15) is 0 Å². The van der Waals surface area contributed by atoms with E-state index in [1.165, 1.54) is 0 Å². The average molecular weight is 321 g/mol. The van der Waals surface area contributed by atoms with Gasteiger partial charge in [-0.25, -0.2) is 0 Å². The summed E-state index contributed by atoms with van der Waals surface area (Å²) in [4.78, 5) is 0. The molecule has 0 saturated heterocycles. The van der Waals surface area contributed by atoms with Crippen LogP contribution in [0.15, 0.2) is 0 Å². The van der Waals surface area contributed by atoms with Gasteiger partial charge < -0.3 is 15.3 Å². The van der Waals surface area contributed by atoms with E-state index in [0.717, 1.165) is 0 Å². The number of rotatable bonds is 0. The number of aliphatic hydroxyl groups is 3. The Morgan fingerprint density at radius 3 is 0.636 bits per heavy atom. The summed E-state index contributed by atoms with van der Waals surface area (Å²) in [6.07, 6.45) is 0. The molecule has 3 nitrogen and oxygen atoms in total. The maximum Gasteiger partial charge on any atom is 0.0402 e. The second kappa shape index (κ2) is 61.1. The molecule has 0 heterocycles. The summed E-state index contributed by atoms with van der Waals surface area (Å²) in [7, 11) is 0. The van der Waals surface area contributed by atoms with Crippen molar-refractivity contribution in [1.29, 1.82) is 0 Å². The van der Waals surface area contributed by atoms with E-state index in [0.29, 0.717) is 0 Å². The van der Waals surface area contributed by atoms with Crippen molar-refractivity contribution >= 4 is 0 Å². The van der Waals surface area contributed by atoms with E-state index in [2.05, 4.69) is 0 Å². The Kier molecular flexibility index (Phi) is 163. The third-order valence-corrected chi connectivity index (χ3v) is 0. The van der Waals surface area contributed by atoms with E-state index in [-0.39, 0.29) is 72.2 Å². The Labute approximate surface area is 107 Å². The maximum absolute atomic E-state index is 7.57. The normalized spacial score (nSPS) is 4.91. The minimum atomic E-state index is 0. The molecule has 68 valence electrons. The quantitative estimate of drug-likeness (QED) is 0.588. The second-order valence-electron chi connectivity index (χ2n) is 0.949. The SMILES string of the molecule is CCO.CCO.CCO.[Zr].[Zr]. The Balaban J connectivity index is -0.0000000150. The Morgan fingerprint density at radius 1 is 0.636 bits per heavy atom. The van der Waals surface area contributed by atoms with Gasteiger partial charge in [-0.1, -0.05) is 0 Å². The van der Waals surface area contributed by atoms with Crippen LogP contribution in [0.1, 0.15) is 20.8 Å². The first-order valence-electron chi connectivity index (χ1n) is 3.07. The molecule has 0 fully saturated rings. The van der Waals surface area contributed by atoms with Gasteiger partial charge in [0.25, 0.3) is 0 Å². The van der Waals surface area contributed by atoms with Gasteiger partial charge in [0.1, 0.15) is 0 Å². The zero-order chi connectivity index (χ0) is 8.12. The number of aliphatic hydroxyl groups excluding tert-OH is 3. The molecule has 0 aliphatic carbocycles. The van der Waals surface area contributed by atoms with E-state index in [4.69, 9.17) is 15.3 Å². The van der Waals surface area contributed by atoms with Gasteiger partial charge in [0.2, 0.25) is 0 Å². The van der Waals surface area contributed by atoms with Gasteiger partial charge in [0, 0.05) is 72.2 Å². The first-order valence-corrected chi connectivity index (χ1v) is 3.07. The smallest absolute Gasteiger partial charge is 0.0402 e. The minimum absolute atomic E-state index is 0. The van der Waals surface area contributed by atoms with Crippen LogP contribution in [-0.4, -0.2) is 35.1 Å². The summed E-state index contributed by atoms with van der Waals surface area (Å²) < 4.78 is 0. The van der Waals surface area contributed by atoms with E-state index >= 15 is 0 Å². The van der Waals surface area contributed by atoms with Crippen LogP contribution in [0.25, 0.3) is 0 Å². The molecule has 0 aliphatic rings. The number of hydrogen-bond donors (Lipinski definition) is 3. The van der Waals surface area contributed by atoms with Gasteiger partial charge in [-0.3, -0.25) is 0 Å². The van der Waals surface area contributed by atoms with E-state index in [1.54, 1.807) is 20.8 Å². The predicted molar refractivity (Wildman–Crippen MR) is 38.3 cm³/mol. The average Bonchev–Trinajstić information content (AvgIpc) is 1.70. The molecule has 11 heavy (non-hydrogen) atoms. The molecular formula is C6H18O3Zr2. The Bertz CT molecular complexity index is 20.5. The molecule has 5 heteroatoms. The topological polar surface area (TPSA) is 60.7 Å². The monoisotopic (exact) mass is 318 g/mol. The van der Waals surface area contributed by atoms with Crippen molar-refractivity contribution in [3.05, 3.63) is 0 Å². The predicted octanol–water partition coefficient (Wildman–Crippen LogP) is -0.00920. The van der Waals surface area contributed by atoms with E-state index in [1.807, 2.05) is 0 Å². The Morgan fingerprint density at radius 2 is 0.636 bits per heavy atom. The van der Waals surface area contributed by atoms with Gasteiger partial charge in [-0.2, -0.15) is 0 Å². The van der Waals surface area contributed by atoms with Crippen molar-refractivity contribution in [3.8, 4) is 0 Å². The zero-order valence-corrected chi connectivity index (χ0v) is 12.4. The van der Waals surface area contributed by atoms with Gasteiger partial charge >= 0.3 is 0 Å². The maximum atomic E-state index is 7.57. The largest absolute Gasteiger partial charge is 0.397 e. The minimum Gasteiger partial charge on any atom is -0.397 e. The first-order chi connectivity index (χ1) is 4.24. The fourth-order valence-corrected chi connectivity index (χ4v) is 0. The molecule has 0 aromatic heterocycles. The fraction of sp³-hybridized carbons (Fsp3) is 1.00. The van der Waals surface area contributed by atoms with Crippen LogP contribution in [0.5, 0.6) is 0 Å². The van der Waals surface area contributed by atoms with Crippen LogP contribution in [0.4, 0.5) is 0 Å². The second-order valence-corrected chi connectivity index (χ2v) is 0.949. The van der Waals surface area contributed by atoms with Gasteiger partial charge in [0.15, 0.2) is 0 Å². The summed E-state index contributed by atoms with van der Waals surface area (Å²) >= 11 is 0. The molecule has 0 amide bonds. The fourth-order valence-electron chi connectivity index (χ4n) is 0. The van der Waals surface area contributed by atoms with Crippen LogP contribution in [-0.2, 0) is 52.4 Å². The molecule has 0 atom stereocenters. The molecule has 0 bridgehead atoms. The van der Waals surface area contributed by atoms with Gasteiger partial charge in [0.05, 0.1) is 0 Å². The summed E-state index contributed by atoms with van der Waals surface area (Å²) in [5.41, 5.74) is 0. The summed E-state index contributed by atoms with van der Waals surface area (Å²) in [5, 5.41) is 22.7. The molecule has 0 aliphatic heterocycles. The summed E-state index contributed by atoms with van der Waals surface area (Å²) in [6.45, 7) is 5.79. The van der Waals surface area contributed by atoms with Crippen LogP contribution in [0.2, 0.25) is 0 Å². The summed E-state index contributed by atoms with van der Waals surface area (Å²) in [6, 6.07) is 0. The molecule has 0 radical (unpaired) electrons. The van der Waals surface area contributed by atoms with Crippen molar-refractivity contribution in [2.24, 2.45) is 0 Å². The molecule has 0 aromatic rings. The molecule has 0 rings (SSSR count). The molecule has 0 unspecified atom stereocenters. The van der Waals surface area contributed by atoms with Crippen LogP contribution in [0.3, 0.4) is 0 Å². The standard InChI is InChI=1S/3C2H6O.2Zr/c3*1-2-3;;/h3*3H,2H2,1H3;;. The van der Waals surface area contributed by atoms with Gasteiger partial charge in [-0.05, 0) is 20.8 Å². The Hall–Kier alpha value is 1.65. The van der Waals surface area contributed by atoms with Crippen LogP contribution < -0.4 is 0 Å². The van der Waals surface area contributed by atoms with Crippen molar-refractivity contribution in [2.75, 3.05) is 19.8 Å². The van der Waals surface area contributed by atoms with Gasteiger partial charge in [-0.15, -0.1) is 0 Å². The molecule has 0 saturated carbocycles. The van der Waals surface area contributed by atoms with Crippen LogP contribution in [0, 0.1) is 0 Å². The van der Waals surface area contributed by atoms with Crippen molar-refractivity contribution in [3.63, 3.8) is 0 Å². The van der Waals surface area contributed by atoms with Crippen LogP contribution >= 0.6 is 0 Å². The van der Waals surface area contributed by atoms with Crippen molar-refractivity contribution in [2.45, 2.75) is 20.8 Å². The first kappa shape index (κ1) is 29.3. The molecule has 0 aromatic carbocycles. The third kappa shape index (κ3) is 400. The molecule has 3 N–H and O–H groups in total. The van der Waals surface area contributed by atoms with Crippen molar-refractivity contribution < 1.29 is 67.7 Å². The molecular weight excluding hydrogens is 303 g/mol.